The number of rotatable bonds is 1. The third kappa shape index (κ3) is 1.65. The van der Waals surface area contributed by atoms with Crippen LogP contribution in [0.2, 0.25) is 0 Å². The van der Waals surface area contributed by atoms with Gasteiger partial charge >= 0.3 is 0 Å². The number of nitrogens with zero attached hydrogens (tertiary/aromatic N) is 1. The molecule has 2 aliphatic heterocycles. The highest BCUT2D eigenvalue weighted by Crippen LogP contribution is 2.44. The number of piperidine rings is 1. The molecule has 0 aliphatic carbocycles. The summed E-state index contributed by atoms with van der Waals surface area (Å²) in [4.78, 5) is 13.0. The van der Waals surface area contributed by atoms with E-state index < -0.39 is 0 Å². The van der Waals surface area contributed by atoms with Gasteiger partial charge in [-0.3, -0.25) is 4.79 Å². The van der Waals surface area contributed by atoms with Crippen LogP contribution in [-0.2, 0) is 10.2 Å². The van der Waals surface area contributed by atoms with Gasteiger partial charge in [0.1, 0.15) is 0 Å². The number of para-hydroxylation sites is 1. The third-order valence-electron chi connectivity index (χ3n) is 4.30. The molecular weight excluding hydrogens is 212 g/mol. The van der Waals surface area contributed by atoms with Crippen LogP contribution in [0, 0.1) is 0 Å². The smallest absolute Gasteiger partial charge is 0.214 e. The standard InChI is InChI=1S/C14H18N2O/c17-11-16-10-7-14(5-8-15-9-6-14)12-3-1-2-4-13(12)16/h1-4,11,15H,5-10H2. The average molecular weight is 230 g/mol. The first kappa shape index (κ1) is 10.8. The van der Waals surface area contributed by atoms with E-state index >= 15 is 0 Å². The minimum atomic E-state index is 0.307. The van der Waals surface area contributed by atoms with Crippen molar-refractivity contribution < 1.29 is 4.79 Å². The Hall–Kier alpha value is -1.35. The van der Waals surface area contributed by atoms with Crippen LogP contribution in [0.15, 0.2) is 24.3 Å². The molecule has 1 saturated heterocycles. The first-order valence-electron chi connectivity index (χ1n) is 6.38. The van der Waals surface area contributed by atoms with Gasteiger partial charge in [0.15, 0.2) is 0 Å². The zero-order valence-electron chi connectivity index (χ0n) is 9.98. The molecule has 3 nitrogen and oxygen atoms in total. The molecule has 0 radical (unpaired) electrons. The summed E-state index contributed by atoms with van der Waals surface area (Å²) in [5.41, 5.74) is 2.80. The maximum Gasteiger partial charge on any atom is 0.214 e. The fourth-order valence-electron chi connectivity index (χ4n) is 3.30. The molecule has 0 saturated carbocycles. The Kier molecular flexibility index (Phi) is 2.63. The zero-order chi connectivity index (χ0) is 11.7. The van der Waals surface area contributed by atoms with Crippen molar-refractivity contribution in [3.05, 3.63) is 29.8 Å². The fraction of sp³-hybridized carbons (Fsp3) is 0.500. The molecule has 0 aromatic heterocycles. The first-order valence-corrected chi connectivity index (χ1v) is 6.38. The number of carbonyl (C=O) groups excluding carboxylic acids is 1. The van der Waals surface area contributed by atoms with Crippen molar-refractivity contribution in [2.24, 2.45) is 0 Å². The Bertz CT molecular complexity index is 424. The highest BCUT2D eigenvalue weighted by atomic mass is 16.1. The summed E-state index contributed by atoms with van der Waals surface area (Å²) >= 11 is 0. The Morgan fingerprint density at radius 3 is 2.71 bits per heavy atom. The fourth-order valence-corrected chi connectivity index (χ4v) is 3.30. The summed E-state index contributed by atoms with van der Waals surface area (Å²) in [6.45, 7) is 3.05. The number of hydrogen-bond acceptors (Lipinski definition) is 2. The molecule has 1 fully saturated rings. The van der Waals surface area contributed by atoms with Crippen LogP contribution in [0.25, 0.3) is 0 Å². The molecule has 2 aliphatic rings. The van der Waals surface area contributed by atoms with Gasteiger partial charge in [0.25, 0.3) is 0 Å². The van der Waals surface area contributed by atoms with Gasteiger partial charge in [-0.1, -0.05) is 18.2 Å². The van der Waals surface area contributed by atoms with E-state index in [1.165, 1.54) is 18.4 Å². The predicted octanol–water partition coefficient (Wildman–Crippen LogP) is 1.67. The van der Waals surface area contributed by atoms with E-state index in [0.29, 0.717) is 5.41 Å². The number of anilines is 1. The molecule has 17 heavy (non-hydrogen) atoms. The highest BCUT2D eigenvalue weighted by molar-refractivity contribution is 5.79. The Labute approximate surface area is 102 Å². The second-order valence-corrected chi connectivity index (χ2v) is 5.10. The number of benzene rings is 1. The number of amides is 1. The summed E-state index contributed by atoms with van der Waals surface area (Å²) < 4.78 is 0. The molecule has 1 amide bonds. The maximum absolute atomic E-state index is 11.1. The minimum Gasteiger partial charge on any atom is -0.317 e. The quantitative estimate of drug-likeness (QED) is 0.744. The SMILES string of the molecule is O=CN1CCC2(CCNCC2)c2ccccc21. The molecule has 1 aromatic rings. The number of nitrogens with one attached hydrogen (secondary N) is 1. The second kappa shape index (κ2) is 4.15. The van der Waals surface area contributed by atoms with Gasteiger partial charge < -0.3 is 10.2 Å². The van der Waals surface area contributed by atoms with Crippen molar-refractivity contribution in [2.75, 3.05) is 24.5 Å². The van der Waals surface area contributed by atoms with Gasteiger partial charge in [-0.2, -0.15) is 0 Å². The maximum atomic E-state index is 11.1. The lowest BCUT2D eigenvalue weighted by molar-refractivity contribution is -0.107. The van der Waals surface area contributed by atoms with Crippen molar-refractivity contribution in [1.29, 1.82) is 0 Å². The van der Waals surface area contributed by atoms with E-state index in [0.717, 1.165) is 38.2 Å². The molecule has 3 rings (SSSR count). The second-order valence-electron chi connectivity index (χ2n) is 5.10. The van der Waals surface area contributed by atoms with Crippen LogP contribution in [0.5, 0.6) is 0 Å². The van der Waals surface area contributed by atoms with Crippen LogP contribution >= 0.6 is 0 Å². The van der Waals surface area contributed by atoms with Crippen molar-refractivity contribution in [2.45, 2.75) is 24.7 Å². The topological polar surface area (TPSA) is 32.3 Å². The summed E-state index contributed by atoms with van der Waals surface area (Å²) in [5, 5.41) is 3.43. The van der Waals surface area contributed by atoms with E-state index in [9.17, 15) is 4.79 Å². The molecule has 1 aromatic carbocycles. The molecule has 90 valence electrons. The van der Waals surface area contributed by atoms with Gasteiger partial charge in [-0.25, -0.2) is 0 Å². The van der Waals surface area contributed by atoms with E-state index in [4.69, 9.17) is 0 Å². The zero-order valence-corrected chi connectivity index (χ0v) is 9.98. The van der Waals surface area contributed by atoms with Gasteiger partial charge in [0.2, 0.25) is 6.41 Å². The molecule has 0 unspecified atom stereocenters. The third-order valence-corrected chi connectivity index (χ3v) is 4.30. The van der Waals surface area contributed by atoms with Crippen LogP contribution in [0.4, 0.5) is 5.69 Å². The van der Waals surface area contributed by atoms with E-state index in [1.807, 2.05) is 11.0 Å². The van der Waals surface area contributed by atoms with Gasteiger partial charge in [0, 0.05) is 17.6 Å². The van der Waals surface area contributed by atoms with Crippen molar-refractivity contribution in [3.63, 3.8) is 0 Å². The number of fused-ring (bicyclic) bond motifs is 2. The minimum absolute atomic E-state index is 0.307. The predicted molar refractivity (Wildman–Crippen MR) is 68.3 cm³/mol. The highest BCUT2D eigenvalue weighted by Gasteiger charge is 2.39. The molecule has 0 bridgehead atoms. The lowest BCUT2D eigenvalue weighted by Crippen LogP contribution is -2.46. The summed E-state index contributed by atoms with van der Waals surface area (Å²) in [7, 11) is 0. The molecular formula is C14H18N2O. The largest absolute Gasteiger partial charge is 0.317 e. The molecule has 2 heterocycles. The lowest BCUT2D eigenvalue weighted by atomic mass is 9.68. The summed E-state index contributed by atoms with van der Waals surface area (Å²) in [5.74, 6) is 0. The van der Waals surface area contributed by atoms with Crippen molar-refractivity contribution in [1.82, 2.24) is 5.32 Å². The first-order chi connectivity index (χ1) is 8.36. The Balaban J connectivity index is 2.06. The van der Waals surface area contributed by atoms with E-state index in [1.54, 1.807) is 0 Å². The van der Waals surface area contributed by atoms with Gasteiger partial charge in [0.05, 0.1) is 0 Å². The van der Waals surface area contributed by atoms with E-state index in [2.05, 4.69) is 23.5 Å². The van der Waals surface area contributed by atoms with Crippen LogP contribution < -0.4 is 10.2 Å². The molecule has 0 atom stereocenters. The van der Waals surface area contributed by atoms with Gasteiger partial charge in [-0.05, 0) is 44.0 Å². The Morgan fingerprint density at radius 2 is 1.94 bits per heavy atom. The van der Waals surface area contributed by atoms with E-state index in [-0.39, 0.29) is 0 Å². The normalized spacial score (nSPS) is 22.2. The molecule has 3 heteroatoms. The van der Waals surface area contributed by atoms with Crippen LogP contribution in [-0.4, -0.2) is 26.0 Å². The Morgan fingerprint density at radius 1 is 1.18 bits per heavy atom. The van der Waals surface area contributed by atoms with Crippen molar-refractivity contribution in [3.8, 4) is 0 Å². The number of hydrogen-bond donors (Lipinski definition) is 1. The summed E-state index contributed by atoms with van der Waals surface area (Å²) in [6.07, 6.45) is 4.45. The average Bonchev–Trinajstić information content (AvgIpc) is 2.41. The van der Waals surface area contributed by atoms with Crippen LogP contribution in [0.3, 0.4) is 0 Å². The summed E-state index contributed by atoms with van der Waals surface area (Å²) in [6, 6.07) is 8.40. The van der Waals surface area contributed by atoms with Crippen molar-refractivity contribution >= 4 is 12.1 Å². The lowest BCUT2D eigenvalue weighted by Gasteiger charge is -2.44. The van der Waals surface area contributed by atoms with Crippen LogP contribution in [0.1, 0.15) is 24.8 Å². The number of carbonyl (C=O) groups is 1. The van der Waals surface area contributed by atoms with Gasteiger partial charge in [-0.15, -0.1) is 0 Å². The molecule has 1 spiro atoms. The molecule has 1 N–H and O–H groups in total. The monoisotopic (exact) mass is 230 g/mol.